The second-order valence-electron chi connectivity index (χ2n) is 4.70. The van der Waals surface area contributed by atoms with Crippen molar-refractivity contribution in [3.63, 3.8) is 0 Å². The van der Waals surface area contributed by atoms with Crippen LogP contribution in [0.3, 0.4) is 0 Å². The van der Waals surface area contributed by atoms with Gasteiger partial charge >= 0.3 is 0 Å². The van der Waals surface area contributed by atoms with Gasteiger partial charge in [-0.25, -0.2) is 8.42 Å². The third-order valence-corrected chi connectivity index (χ3v) is 5.37. The smallest absolute Gasteiger partial charge is 0.270 e. The van der Waals surface area contributed by atoms with Crippen molar-refractivity contribution in [2.24, 2.45) is 0 Å². The maximum absolute atomic E-state index is 11.8. The van der Waals surface area contributed by atoms with Crippen LogP contribution in [0.1, 0.15) is 18.7 Å². The number of thiophene rings is 1. The predicted octanol–water partition coefficient (Wildman–Crippen LogP) is 1.76. The van der Waals surface area contributed by atoms with E-state index in [-0.39, 0.29) is 16.5 Å². The quantitative estimate of drug-likeness (QED) is 0.809. The molecular formula is C11H16ClNO4S2. The van der Waals surface area contributed by atoms with Gasteiger partial charge < -0.3 is 10.1 Å². The van der Waals surface area contributed by atoms with Gasteiger partial charge in [-0.05, 0) is 26.0 Å². The van der Waals surface area contributed by atoms with Crippen LogP contribution in [0.4, 0.5) is 0 Å². The first-order chi connectivity index (χ1) is 8.64. The normalized spacial score (nSPS) is 12.4. The van der Waals surface area contributed by atoms with Crippen molar-refractivity contribution in [1.29, 1.82) is 0 Å². The lowest BCUT2D eigenvalue weighted by atomic mass is 10.1. The zero-order valence-electron chi connectivity index (χ0n) is 10.9. The summed E-state index contributed by atoms with van der Waals surface area (Å²) in [6.07, 6.45) is 0.115. The first-order valence-corrected chi connectivity index (χ1v) is 8.60. The van der Waals surface area contributed by atoms with Gasteiger partial charge in [-0.15, -0.1) is 11.3 Å². The van der Waals surface area contributed by atoms with Crippen molar-refractivity contribution in [2.45, 2.75) is 30.0 Å². The molecule has 1 aromatic rings. The van der Waals surface area contributed by atoms with Gasteiger partial charge in [0.05, 0.1) is 18.6 Å². The Labute approximate surface area is 121 Å². The van der Waals surface area contributed by atoms with Crippen LogP contribution in [0.2, 0.25) is 0 Å². The van der Waals surface area contributed by atoms with Crippen LogP contribution in [-0.4, -0.2) is 33.6 Å². The number of methoxy groups -OCH3 is 1. The lowest BCUT2D eigenvalue weighted by Crippen LogP contribution is -2.47. The topological polar surface area (TPSA) is 72.5 Å². The van der Waals surface area contributed by atoms with Crippen molar-refractivity contribution in [2.75, 3.05) is 13.7 Å². The summed E-state index contributed by atoms with van der Waals surface area (Å²) >= 11 is 0.996. The van der Waals surface area contributed by atoms with E-state index in [2.05, 4.69) is 5.32 Å². The van der Waals surface area contributed by atoms with E-state index in [4.69, 9.17) is 15.4 Å². The number of hydrogen-bond donors (Lipinski definition) is 1. The van der Waals surface area contributed by atoms with E-state index in [1.165, 1.54) is 6.07 Å². The lowest BCUT2D eigenvalue weighted by Gasteiger charge is -2.25. The zero-order valence-corrected chi connectivity index (χ0v) is 13.3. The number of carbonyl (C=O) groups excluding carboxylic acids is 1. The summed E-state index contributed by atoms with van der Waals surface area (Å²) in [6, 6.07) is 2.98. The fraction of sp³-hybridized carbons (Fsp3) is 0.545. The Morgan fingerprint density at radius 2 is 2.11 bits per heavy atom. The highest BCUT2D eigenvalue weighted by Crippen LogP contribution is 2.25. The number of hydrogen-bond acceptors (Lipinski definition) is 5. The molecule has 0 fully saturated rings. The van der Waals surface area contributed by atoms with Gasteiger partial charge in [-0.1, -0.05) is 0 Å². The molecule has 0 bridgehead atoms. The molecule has 1 N–H and O–H groups in total. The van der Waals surface area contributed by atoms with E-state index in [0.29, 0.717) is 11.5 Å². The molecule has 0 aliphatic heterocycles. The first kappa shape index (κ1) is 16.4. The van der Waals surface area contributed by atoms with Crippen molar-refractivity contribution in [1.82, 2.24) is 5.32 Å². The minimum atomic E-state index is -3.72. The summed E-state index contributed by atoms with van der Waals surface area (Å²) in [5, 5.41) is 2.81. The number of carbonyl (C=O) groups is 1. The Morgan fingerprint density at radius 3 is 2.58 bits per heavy atom. The van der Waals surface area contributed by atoms with E-state index in [9.17, 15) is 13.2 Å². The van der Waals surface area contributed by atoms with E-state index < -0.39 is 14.6 Å². The van der Waals surface area contributed by atoms with Crippen molar-refractivity contribution >= 4 is 37.0 Å². The molecule has 5 nitrogen and oxygen atoms in total. The fourth-order valence-electron chi connectivity index (χ4n) is 1.56. The SMILES string of the molecule is COCC(C)(C)NC(=O)Cc1ccc(S(=O)(=O)Cl)s1. The number of rotatable bonds is 6. The van der Waals surface area contributed by atoms with Crippen LogP contribution >= 0.6 is 22.0 Å². The van der Waals surface area contributed by atoms with Gasteiger partial charge in [0, 0.05) is 22.7 Å². The van der Waals surface area contributed by atoms with Crippen LogP contribution < -0.4 is 5.32 Å². The lowest BCUT2D eigenvalue weighted by molar-refractivity contribution is -0.122. The molecule has 1 amide bonds. The van der Waals surface area contributed by atoms with Crippen LogP contribution in [0.15, 0.2) is 16.3 Å². The summed E-state index contributed by atoms with van der Waals surface area (Å²) in [5.41, 5.74) is -0.468. The monoisotopic (exact) mass is 325 g/mol. The molecule has 0 aliphatic rings. The second-order valence-corrected chi connectivity index (χ2v) is 8.66. The van der Waals surface area contributed by atoms with Gasteiger partial charge in [0.1, 0.15) is 4.21 Å². The molecule has 0 aliphatic carbocycles. The first-order valence-electron chi connectivity index (χ1n) is 5.47. The molecule has 0 spiro atoms. The Morgan fingerprint density at radius 1 is 1.47 bits per heavy atom. The maximum Gasteiger partial charge on any atom is 0.270 e. The summed E-state index contributed by atoms with van der Waals surface area (Å²) in [6.45, 7) is 4.08. The maximum atomic E-state index is 11.8. The van der Waals surface area contributed by atoms with E-state index in [1.54, 1.807) is 13.2 Å². The van der Waals surface area contributed by atoms with Crippen molar-refractivity contribution in [3.8, 4) is 0 Å². The third-order valence-electron chi connectivity index (χ3n) is 2.20. The van der Waals surface area contributed by atoms with E-state index in [0.717, 1.165) is 11.3 Å². The van der Waals surface area contributed by atoms with Crippen molar-refractivity contribution in [3.05, 3.63) is 17.0 Å². The molecule has 0 saturated heterocycles. The van der Waals surface area contributed by atoms with Gasteiger partial charge in [0.25, 0.3) is 9.05 Å². The average molecular weight is 326 g/mol. The summed E-state index contributed by atoms with van der Waals surface area (Å²) in [4.78, 5) is 12.5. The highest BCUT2D eigenvalue weighted by Gasteiger charge is 2.21. The Hall–Kier alpha value is -0.630. The molecule has 0 atom stereocenters. The van der Waals surface area contributed by atoms with E-state index >= 15 is 0 Å². The fourth-order valence-corrected chi connectivity index (χ4v) is 3.68. The molecule has 108 valence electrons. The minimum Gasteiger partial charge on any atom is -0.382 e. The van der Waals surface area contributed by atoms with E-state index in [1.807, 2.05) is 13.8 Å². The Bertz CT molecular complexity index is 551. The molecule has 8 heteroatoms. The molecule has 0 saturated carbocycles. The van der Waals surface area contributed by atoms with Crippen LogP contribution in [0, 0.1) is 0 Å². The van der Waals surface area contributed by atoms with Crippen LogP contribution in [0.5, 0.6) is 0 Å². The zero-order chi connectivity index (χ0) is 14.7. The third kappa shape index (κ3) is 5.48. The molecular weight excluding hydrogens is 310 g/mol. The number of ether oxygens (including phenoxy) is 1. The number of nitrogens with one attached hydrogen (secondary N) is 1. The summed E-state index contributed by atoms with van der Waals surface area (Å²) < 4.78 is 27.3. The molecule has 1 aromatic heterocycles. The molecule has 0 unspecified atom stereocenters. The van der Waals surface area contributed by atoms with Gasteiger partial charge in [-0.3, -0.25) is 4.79 Å². The summed E-state index contributed by atoms with van der Waals surface area (Å²) in [7, 11) is 3.06. The van der Waals surface area contributed by atoms with Crippen molar-refractivity contribution < 1.29 is 17.9 Å². The highest BCUT2D eigenvalue weighted by atomic mass is 35.7. The molecule has 1 rings (SSSR count). The second kappa shape index (κ2) is 6.21. The largest absolute Gasteiger partial charge is 0.382 e. The highest BCUT2D eigenvalue weighted by molar-refractivity contribution is 8.15. The Kier molecular flexibility index (Phi) is 5.37. The number of amides is 1. The minimum absolute atomic E-state index is 0.0492. The van der Waals surface area contributed by atoms with Gasteiger partial charge in [-0.2, -0.15) is 0 Å². The summed E-state index contributed by atoms with van der Waals surface area (Å²) in [5.74, 6) is -0.192. The average Bonchev–Trinajstić information content (AvgIpc) is 2.63. The molecule has 0 radical (unpaired) electrons. The van der Waals surface area contributed by atoms with Gasteiger partial charge in [0.2, 0.25) is 5.91 Å². The molecule has 1 heterocycles. The standard InChI is InChI=1S/C11H16ClNO4S2/c1-11(2,7-17-3)13-9(14)6-8-4-5-10(18-8)19(12,15)16/h4-5H,6-7H2,1-3H3,(H,13,14). The molecule has 19 heavy (non-hydrogen) atoms. The van der Waals surface area contributed by atoms with Gasteiger partial charge in [0.15, 0.2) is 0 Å². The van der Waals surface area contributed by atoms with Crippen LogP contribution in [0.25, 0.3) is 0 Å². The molecule has 0 aromatic carbocycles. The number of halogens is 1. The Balaban J connectivity index is 2.66. The predicted molar refractivity (Wildman–Crippen MR) is 75.2 cm³/mol. The van der Waals surface area contributed by atoms with Crippen LogP contribution in [-0.2, 0) is 25.0 Å².